The van der Waals surface area contributed by atoms with Gasteiger partial charge in [0.1, 0.15) is 0 Å². The molecule has 0 saturated heterocycles. The van der Waals surface area contributed by atoms with Crippen LogP contribution in [0.2, 0.25) is 0 Å². The largest absolute Gasteiger partial charge is 0.257 e. The van der Waals surface area contributed by atoms with Crippen LogP contribution in [0.1, 0.15) is 11.1 Å². The standard InChI is InChI=1S/C10H9N/c1-8-9-4-2-6-10(8)11-7-3-5-9/h2-7H,1H3. The summed E-state index contributed by atoms with van der Waals surface area (Å²) in [5.74, 6) is 0. The predicted molar refractivity (Wildman–Crippen MR) is 48.4 cm³/mol. The van der Waals surface area contributed by atoms with Gasteiger partial charge in [0.2, 0.25) is 0 Å². The number of hydrogen-bond donors (Lipinski definition) is 0. The lowest BCUT2D eigenvalue weighted by atomic mass is 10.1. The van der Waals surface area contributed by atoms with Crippen molar-refractivity contribution in [2.75, 3.05) is 0 Å². The first-order chi connectivity index (χ1) is 5.38. The molecule has 0 atom stereocenters. The number of aliphatic imine (C=N–C) groups is 1. The Hall–Kier alpha value is -1.37. The van der Waals surface area contributed by atoms with Crippen molar-refractivity contribution in [2.24, 2.45) is 4.99 Å². The van der Waals surface area contributed by atoms with E-state index in [-0.39, 0.29) is 0 Å². The third kappa shape index (κ3) is 0.984. The summed E-state index contributed by atoms with van der Waals surface area (Å²) in [5.41, 5.74) is 3.60. The van der Waals surface area contributed by atoms with E-state index < -0.39 is 0 Å². The zero-order valence-corrected chi connectivity index (χ0v) is 6.41. The molecule has 0 unspecified atom stereocenters. The van der Waals surface area contributed by atoms with Crippen LogP contribution in [-0.4, -0.2) is 6.21 Å². The van der Waals surface area contributed by atoms with Gasteiger partial charge in [0.05, 0.1) is 5.69 Å². The van der Waals surface area contributed by atoms with Gasteiger partial charge in [-0.3, -0.25) is 4.99 Å². The Bertz CT molecular complexity index is 304. The molecular weight excluding hydrogens is 134 g/mol. The summed E-state index contributed by atoms with van der Waals surface area (Å²) in [4.78, 5) is 4.26. The molecule has 0 amide bonds. The van der Waals surface area contributed by atoms with E-state index in [0.717, 1.165) is 5.69 Å². The monoisotopic (exact) mass is 143 g/mol. The Morgan fingerprint density at radius 2 is 2.18 bits per heavy atom. The molecule has 0 aromatic heterocycles. The van der Waals surface area contributed by atoms with Gasteiger partial charge >= 0.3 is 0 Å². The summed E-state index contributed by atoms with van der Waals surface area (Å²) in [5, 5.41) is 0. The summed E-state index contributed by atoms with van der Waals surface area (Å²) in [6.45, 7) is 2.09. The maximum absolute atomic E-state index is 4.26. The molecule has 0 fully saturated rings. The van der Waals surface area contributed by atoms with Crippen molar-refractivity contribution in [2.45, 2.75) is 6.92 Å². The number of allylic oxidation sites excluding steroid dienone is 1. The van der Waals surface area contributed by atoms with Gasteiger partial charge in [0.25, 0.3) is 0 Å². The average molecular weight is 143 g/mol. The van der Waals surface area contributed by atoms with E-state index in [2.05, 4.69) is 24.1 Å². The molecule has 0 radical (unpaired) electrons. The van der Waals surface area contributed by atoms with Crippen LogP contribution in [0.4, 0.5) is 5.69 Å². The smallest absolute Gasteiger partial charge is 0.0664 e. The first-order valence-electron chi connectivity index (χ1n) is 3.68. The fraction of sp³-hybridized carbons (Fsp3) is 0.100. The van der Waals surface area contributed by atoms with Crippen molar-refractivity contribution in [3.63, 3.8) is 0 Å². The molecule has 0 aliphatic carbocycles. The molecular formula is C10H9N. The summed E-state index contributed by atoms with van der Waals surface area (Å²) >= 11 is 0. The molecule has 1 heteroatoms. The van der Waals surface area contributed by atoms with Crippen LogP contribution in [0.25, 0.3) is 6.08 Å². The Kier molecular flexibility index (Phi) is 1.35. The molecule has 1 nitrogen and oxygen atoms in total. The molecule has 11 heavy (non-hydrogen) atoms. The molecule has 54 valence electrons. The van der Waals surface area contributed by atoms with Crippen molar-refractivity contribution in [1.29, 1.82) is 0 Å². The van der Waals surface area contributed by atoms with E-state index in [9.17, 15) is 0 Å². The van der Waals surface area contributed by atoms with E-state index in [0.29, 0.717) is 0 Å². The highest BCUT2D eigenvalue weighted by atomic mass is 14.7. The predicted octanol–water partition coefficient (Wildman–Crippen LogP) is 2.72. The third-order valence-electron chi connectivity index (χ3n) is 1.92. The topological polar surface area (TPSA) is 12.4 Å². The van der Waals surface area contributed by atoms with Crippen molar-refractivity contribution in [3.05, 3.63) is 35.4 Å². The molecule has 2 rings (SSSR count). The molecule has 0 saturated carbocycles. The average Bonchev–Trinajstić information content (AvgIpc) is 2.17. The van der Waals surface area contributed by atoms with Gasteiger partial charge in [-0.2, -0.15) is 0 Å². The van der Waals surface area contributed by atoms with E-state index in [1.807, 2.05) is 24.4 Å². The molecule has 2 bridgehead atoms. The van der Waals surface area contributed by atoms with Gasteiger partial charge in [-0.25, -0.2) is 0 Å². The number of fused-ring (bicyclic) bond motifs is 2. The van der Waals surface area contributed by atoms with Crippen molar-refractivity contribution in [3.8, 4) is 0 Å². The number of rotatable bonds is 0. The Morgan fingerprint density at radius 3 is 3.09 bits per heavy atom. The summed E-state index contributed by atoms with van der Waals surface area (Å²) in [7, 11) is 0. The SMILES string of the molecule is Cc1c2cccc1N=CC=C2. The lowest BCUT2D eigenvalue weighted by molar-refractivity contribution is 1.40. The summed E-state index contributed by atoms with van der Waals surface area (Å²) in [6.07, 6.45) is 5.88. The molecule has 1 aromatic rings. The van der Waals surface area contributed by atoms with Gasteiger partial charge in [-0.15, -0.1) is 0 Å². The highest BCUT2D eigenvalue weighted by Crippen LogP contribution is 2.23. The van der Waals surface area contributed by atoms with Crippen LogP contribution < -0.4 is 0 Å². The van der Waals surface area contributed by atoms with E-state index in [1.54, 1.807) is 0 Å². The first-order valence-corrected chi connectivity index (χ1v) is 3.68. The quantitative estimate of drug-likeness (QED) is 0.529. The van der Waals surface area contributed by atoms with Gasteiger partial charge in [0.15, 0.2) is 0 Å². The minimum Gasteiger partial charge on any atom is -0.257 e. The molecule has 1 aliphatic rings. The van der Waals surface area contributed by atoms with Crippen LogP contribution in [-0.2, 0) is 0 Å². The van der Waals surface area contributed by atoms with Crippen LogP contribution >= 0.6 is 0 Å². The maximum atomic E-state index is 4.26. The van der Waals surface area contributed by atoms with Crippen molar-refractivity contribution in [1.82, 2.24) is 0 Å². The number of hydrogen-bond acceptors (Lipinski definition) is 1. The van der Waals surface area contributed by atoms with Crippen LogP contribution in [0.5, 0.6) is 0 Å². The van der Waals surface area contributed by atoms with E-state index in [4.69, 9.17) is 0 Å². The number of nitrogens with zero attached hydrogens (tertiary/aromatic N) is 1. The second-order valence-electron chi connectivity index (χ2n) is 2.63. The van der Waals surface area contributed by atoms with Crippen molar-refractivity contribution >= 4 is 18.0 Å². The second-order valence-corrected chi connectivity index (χ2v) is 2.63. The highest BCUT2D eigenvalue weighted by Gasteiger charge is 2.00. The van der Waals surface area contributed by atoms with Crippen LogP contribution in [0.3, 0.4) is 0 Å². The van der Waals surface area contributed by atoms with E-state index in [1.165, 1.54) is 11.1 Å². The maximum Gasteiger partial charge on any atom is 0.0664 e. The minimum absolute atomic E-state index is 1.08. The molecule has 1 aliphatic heterocycles. The number of benzene rings is 1. The Morgan fingerprint density at radius 1 is 1.27 bits per heavy atom. The van der Waals surface area contributed by atoms with E-state index >= 15 is 0 Å². The van der Waals surface area contributed by atoms with Crippen LogP contribution in [0.15, 0.2) is 29.3 Å². The fourth-order valence-corrected chi connectivity index (χ4v) is 1.23. The first kappa shape index (κ1) is 6.35. The third-order valence-corrected chi connectivity index (χ3v) is 1.92. The van der Waals surface area contributed by atoms with Gasteiger partial charge in [0, 0.05) is 6.21 Å². The lowest BCUT2D eigenvalue weighted by Gasteiger charge is -2.00. The Labute approximate surface area is 66.1 Å². The summed E-state index contributed by atoms with van der Waals surface area (Å²) < 4.78 is 0. The molecule has 1 heterocycles. The Balaban J connectivity index is 2.74. The normalized spacial score (nSPS) is 13.2. The van der Waals surface area contributed by atoms with Gasteiger partial charge in [-0.1, -0.05) is 18.2 Å². The molecule has 1 aromatic carbocycles. The lowest BCUT2D eigenvalue weighted by Crippen LogP contribution is -1.77. The molecule has 0 spiro atoms. The summed E-state index contributed by atoms with van der Waals surface area (Å²) in [6, 6.07) is 6.16. The fourth-order valence-electron chi connectivity index (χ4n) is 1.23. The zero-order valence-electron chi connectivity index (χ0n) is 6.41. The van der Waals surface area contributed by atoms with Gasteiger partial charge in [-0.05, 0) is 30.2 Å². The molecule has 0 N–H and O–H groups in total. The zero-order chi connectivity index (χ0) is 7.68. The van der Waals surface area contributed by atoms with Gasteiger partial charge < -0.3 is 0 Å². The van der Waals surface area contributed by atoms with Crippen LogP contribution in [0, 0.1) is 6.92 Å². The van der Waals surface area contributed by atoms with Crippen molar-refractivity contribution < 1.29 is 0 Å². The minimum atomic E-state index is 1.08. The second kappa shape index (κ2) is 2.35. The highest BCUT2D eigenvalue weighted by molar-refractivity contribution is 5.84.